The minimum absolute atomic E-state index is 1.05. The highest BCUT2D eigenvalue weighted by molar-refractivity contribution is 6.23. The first kappa shape index (κ1) is 44.5. The third-order valence-corrected chi connectivity index (χ3v) is 18.1. The smallest absolute Gasteiger partial charge is 0.00199 e. The van der Waals surface area contributed by atoms with Gasteiger partial charge in [-0.3, -0.25) is 0 Å². The van der Waals surface area contributed by atoms with Crippen LogP contribution >= 0.6 is 0 Å². The van der Waals surface area contributed by atoms with Crippen LogP contribution in [0.5, 0.6) is 0 Å². The fourth-order valence-corrected chi connectivity index (χ4v) is 14.8. The SMILES string of the molecule is C1=C2c3c(cccc3-c3ccc4ccccc4c32)CC1.C1=C2c3cc4ccccc4cc3-c3cccc(c32)CC1.C1=C2c3ccccc3-c3ccc4cccc(c4c32)C1.c1ccc2c(c1)-c1cccc3c1c-2cc1ccccc13. The van der Waals surface area contributed by atoms with Crippen LogP contribution in [0.4, 0.5) is 0 Å². The second-order valence-electron chi connectivity index (χ2n) is 22.2. The quantitative estimate of drug-likeness (QED) is 0.133. The highest BCUT2D eigenvalue weighted by Gasteiger charge is 2.31. The number of hydrogen-bond donors (Lipinski definition) is 0. The van der Waals surface area contributed by atoms with Gasteiger partial charge in [0, 0.05) is 0 Å². The summed E-state index contributed by atoms with van der Waals surface area (Å²) in [5.41, 5.74) is 31.5. The normalized spacial score (nSPS) is 14.1. The molecule has 0 bridgehead atoms. The highest BCUT2D eigenvalue weighted by Crippen LogP contribution is 2.54. The average molecular weight is 1000 g/mol. The molecular weight excluding hydrogens is 949 g/mol. The van der Waals surface area contributed by atoms with Gasteiger partial charge in [0.15, 0.2) is 0 Å². The van der Waals surface area contributed by atoms with Gasteiger partial charge in [-0.15, -0.1) is 0 Å². The zero-order valence-electron chi connectivity index (χ0n) is 43.8. The first-order valence-electron chi connectivity index (χ1n) is 28.3. The molecule has 0 saturated carbocycles. The fraction of sp³-hybridized carbons (Fsp3) is 0.0633. The molecule has 0 nitrogen and oxygen atoms in total. The maximum atomic E-state index is 2.43. The van der Waals surface area contributed by atoms with Crippen LogP contribution in [0.3, 0.4) is 0 Å². The fourth-order valence-electron chi connectivity index (χ4n) is 14.8. The predicted molar refractivity (Wildman–Crippen MR) is 336 cm³/mol. The second kappa shape index (κ2) is 17.5. The number of fused-ring (bicyclic) bond motifs is 17. The van der Waals surface area contributed by atoms with E-state index in [1.165, 1.54) is 189 Å². The molecule has 0 aromatic heterocycles. The van der Waals surface area contributed by atoms with Gasteiger partial charge in [-0.2, -0.15) is 0 Å². The Hall–Kier alpha value is -9.62. The monoisotopic (exact) mass is 1000 g/mol. The van der Waals surface area contributed by atoms with E-state index in [-0.39, 0.29) is 0 Å². The molecule has 13 aromatic carbocycles. The first-order chi connectivity index (χ1) is 39.2. The number of hydrogen-bond acceptors (Lipinski definition) is 0. The Bertz CT molecular complexity index is 4900. The van der Waals surface area contributed by atoms with Crippen LogP contribution in [0.15, 0.2) is 255 Å². The molecule has 0 fully saturated rings. The van der Waals surface area contributed by atoms with Crippen molar-refractivity contribution in [2.24, 2.45) is 0 Å². The molecule has 368 valence electrons. The summed E-state index contributed by atoms with van der Waals surface area (Å²) in [6.07, 6.45) is 13.0. The van der Waals surface area contributed by atoms with Crippen molar-refractivity contribution in [3.63, 3.8) is 0 Å². The molecule has 0 atom stereocenters. The molecule has 0 heteroatoms. The molecule has 0 heterocycles. The molecule has 7 aliphatic rings. The van der Waals surface area contributed by atoms with Gasteiger partial charge in [0.05, 0.1) is 0 Å². The lowest BCUT2D eigenvalue weighted by atomic mass is 9.87. The number of benzene rings is 13. The zero-order valence-corrected chi connectivity index (χ0v) is 43.8. The molecule has 0 amide bonds. The van der Waals surface area contributed by atoms with Crippen LogP contribution in [0, 0.1) is 0 Å². The third-order valence-electron chi connectivity index (χ3n) is 18.1. The van der Waals surface area contributed by atoms with Crippen molar-refractivity contribution < 1.29 is 0 Å². The van der Waals surface area contributed by atoms with Gasteiger partial charge in [0.25, 0.3) is 0 Å². The summed E-state index contributed by atoms with van der Waals surface area (Å²) >= 11 is 0. The number of allylic oxidation sites excluding steroid dienone is 3. The Morgan fingerprint density at radius 2 is 0.684 bits per heavy atom. The lowest BCUT2D eigenvalue weighted by molar-refractivity contribution is 0.982. The van der Waals surface area contributed by atoms with E-state index in [2.05, 4.69) is 255 Å². The standard InChI is InChI=1S/2C20H14.C20H12.C19H12/c1-2-8-15-13(5-1)11-12-17-16-9-3-6-14-7-4-10-18(19(14)16)20(15)17;1-2-6-15-12-19-17-10-4-8-13-7-3-9-16(20(13)17)18(19)11-14(15)5-1;1-2-7-14-13(6-1)12-19-16-9-4-3-8-15(16)18-11-5-10-17(14)20(18)19;1-2-7-15-14(6-1)16-10-8-12-4-3-5-13-9-11-17(15)19(16)18(12)13/h1-3,5-6,8-12H,4,7H2;1-3,5-7,9-12H,4,8H2;1-12H;1-8,10-11H,9H2. The molecule has 0 radical (unpaired) electrons. The number of rotatable bonds is 0. The largest absolute Gasteiger partial charge is 0.0757 e. The van der Waals surface area contributed by atoms with Gasteiger partial charge < -0.3 is 0 Å². The minimum atomic E-state index is 1.05. The maximum Gasteiger partial charge on any atom is -0.00199 e. The Kier molecular flexibility index (Phi) is 9.83. The van der Waals surface area contributed by atoms with E-state index < -0.39 is 0 Å². The zero-order chi connectivity index (χ0) is 51.7. The Morgan fingerprint density at radius 1 is 0.215 bits per heavy atom. The van der Waals surface area contributed by atoms with E-state index in [9.17, 15) is 0 Å². The number of aryl methyl sites for hydroxylation is 2. The summed E-state index contributed by atoms with van der Waals surface area (Å²) in [6, 6.07) is 86.6. The van der Waals surface area contributed by atoms with Crippen LogP contribution in [0.25, 0.3) is 126 Å². The molecule has 20 rings (SSSR count). The maximum absolute atomic E-state index is 2.43. The van der Waals surface area contributed by atoms with Crippen LogP contribution < -0.4 is 0 Å². The lowest BCUT2D eigenvalue weighted by Gasteiger charge is -2.16. The van der Waals surface area contributed by atoms with E-state index >= 15 is 0 Å². The van der Waals surface area contributed by atoms with Gasteiger partial charge in [-0.25, -0.2) is 0 Å². The van der Waals surface area contributed by atoms with Crippen molar-refractivity contribution in [2.75, 3.05) is 0 Å². The lowest BCUT2D eigenvalue weighted by Crippen LogP contribution is -1.97. The molecule has 0 unspecified atom stereocenters. The molecule has 7 aliphatic carbocycles. The molecule has 0 saturated heterocycles. The van der Waals surface area contributed by atoms with Gasteiger partial charge in [0.2, 0.25) is 0 Å². The van der Waals surface area contributed by atoms with E-state index in [0.29, 0.717) is 0 Å². The van der Waals surface area contributed by atoms with E-state index in [1.807, 2.05) is 0 Å². The summed E-state index contributed by atoms with van der Waals surface area (Å²) in [4.78, 5) is 0. The van der Waals surface area contributed by atoms with Crippen molar-refractivity contribution in [2.45, 2.75) is 32.1 Å². The molecule has 0 N–H and O–H groups in total. The average Bonchev–Trinajstić information content (AvgIpc) is 4.46. The molecule has 13 aromatic rings. The van der Waals surface area contributed by atoms with Crippen molar-refractivity contribution in [3.05, 3.63) is 305 Å². The van der Waals surface area contributed by atoms with E-state index in [1.54, 1.807) is 0 Å². The van der Waals surface area contributed by atoms with Crippen molar-refractivity contribution in [1.29, 1.82) is 0 Å². The van der Waals surface area contributed by atoms with Crippen LogP contribution in [0.2, 0.25) is 0 Å². The molecule has 79 heavy (non-hydrogen) atoms. The summed E-state index contributed by atoms with van der Waals surface area (Å²) in [7, 11) is 0. The Balaban J connectivity index is 0.0000000846. The van der Waals surface area contributed by atoms with Gasteiger partial charge >= 0.3 is 0 Å². The van der Waals surface area contributed by atoms with Gasteiger partial charge in [-0.05, 0) is 227 Å². The second-order valence-corrected chi connectivity index (χ2v) is 22.2. The Morgan fingerprint density at radius 3 is 1.46 bits per heavy atom. The molecule has 0 spiro atoms. The summed E-state index contributed by atoms with van der Waals surface area (Å²) in [5, 5.41) is 13.7. The first-order valence-corrected chi connectivity index (χ1v) is 28.3. The summed E-state index contributed by atoms with van der Waals surface area (Å²) in [6.45, 7) is 0. The van der Waals surface area contributed by atoms with Gasteiger partial charge in [0.1, 0.15) is 0 Å². The van der Waals surface area contributed by atoms with Crippen molar-refractivity contribution in [1.82, 2.24) is 0 Å². The van der Waals surface area contributed by atoms with E-state index in [4.69, 9.17) is 0 Å². The Labute approximate surface area is 460 Å². The van der Waals surface area contributed by atoms with Crippen LogP contribution in [-0.4, -0.2) is 0 Å². The minimum Gasteiger partial charge on any atom is -0.0757 e. The molecular formula is C79H52. The third kappa shape index (κ3) is 6.68. The van der Waals surface area contributed by atoms with Crippen LogP contribution in [0.1, 0.15) is 62.9 Å². The van der Waals surface area contributed by atoms with Crippen molar-refractivity contribution in [3.8, 4) is 55.6 Å². The van der Waals surface area contributed by atoms with Crippen molar-refractivity contribution >= 4 is 70.6 Å². The predicted octanol–water partition coefficient (Wildman–Crippen LogP) is 20.8. The van der Waals surface area contributed by atoms with Gasteiger partial charge in [-0.1, -0.05) is 237 Å². The summed E-state index contributed by atoms with van der Waals surface area (Å²) < 4.78 is 0. The van der Waals surface area contributed by atoms with Crippen LogP contribution in [-0.2, 0) is 19.3 Å². The summed E-state index contributed by atoms with van der Waals surface area (Å²) in [5.74, 6) is 0. The highest BCUT2D eigenvalue weighted by atomic mass is 14.3. The van der Waals surface area contributed by atoms with E-state index in [0.717, 1.165) is 19.3 Å². The topological polar surface area (TPSA) is 0 Å². The molecule has 0 aliphatic heterocycles.